The van der Waals surface area contributed by atoms with Gasteiger partial charge in [-0.25, -0.2) is 0 Å². The van der Waals surface area contributed by atoms with E-state index in [4.69, 9.17) is 5.11 Å². The largest absolute Gasteiger partial charge is 0.396 e. The zero-order valence-electron chi connectivity index (χ0n) is 9.95. The van der Waals surface area contributed by atoms with Crippen LogP contribution < -0.4 is 0 Å². The third-order valence-corrected chi connectivity index (χ3v) is 4.52. The van der Waals surface area contributed by atoms with Gasteiger partial charge in [0, 0.05) is 34.4 Å². The molecule has 2 nitrogen and oxygen atoms in total. The lowest BCUT2D eigenvalue weighted by Crippen LogP contribution is -2.29. The molecule has 1 atom stereocenters. The monoisotopic (exact) mass is 305 g/mol. The van der Waals surface area contributed by atoms with Gasteiger partial charge in [0.15, 0.2) is 0 Å². The molecule has 0 fully saturated rings. The number of hydrogen-bond donors (Lipinski definition) is 1. The van der Waals surface area contributed by atoms with Crippen LogP contribution in [-0.2, 0) is 6.42 Å². The number of hydrogen-bond acceptors (Lipinski definition) is 3. The molecule has 1 rings (SSSR count). The summed E-state index contributed by atoms with van der Waals surface area (Å²) in [5.74, 6) is 0.417. The van der Waals surface area contributed by atoms with Crippen LogP contribution >= 0.6 is 27.3 Å². The highest BCUT2D eigenvalue weighted by molar-refractivity contribution is 9.10. The summed E-state index contributed by atoms with van der Waals surface area (Å²) in [6.45, 7) is 4.47. The number of rotatable bonds is 7. The molecule has 0 amide bonds. The standard InChI is InChI=1S/C12H20BrNOS/c1-3-10(8-15)7-14(2)5-4-12-6-11(13)9-16-12/h6,9-10,15H,3-5,7-8H2,1-2H3. The Morgan fingerprint density at radius 3 is 2.81 bits per heavy atom. The fraction of sp³-hybridized carbons (Fsp3) is 0.667. The fourth-order valence-corrected chi connectivity index (χ4v) is 3.08. The van der Waals surface area contributed by atoms with E-state index in [-0.39, 0.29) is 0 Å². The molecule has 0 radical (unpaired) electrons. The van der Waals surface area contributed by atoms with Crippen LogP contribution in [0.15, 0.2) is 15.9 Å². The van der Waals surface area contributed by atoms with Crippen molar-refractivity contribution >= 4 is 27.3 Å². The summed E-state index contributed by atoms with van der Waals surface area (Å²) < 4.78 is 1.18. The lowest BCUT2D eigenvalue weighted by atomic mass is 10.1. The average Bonchev–Trinajstić information content (AvgIpc) is 2.69. The first-order valence-electron chi connectivity index (χ1n) is 5.68. The maximum absolute atomic E-state index is 9.13. The van der Waals surface area contributed by atoms with E-state index >= 15 is 0 Å². The molecule has 4 heteroatoms. The Morgan fingerprint density at radius 2 is 2.31 bits per heavy atom. The van der Waals surface area contributed by atoms with Gasteiger partial charge in [0.2, 0.25) is 0 Å². The van der Waals surface area contributed by atoms with Crippen LogP contribution in [0.2, 0.25) is 0 Å². The zero-order valence-corrected chi connectivity index (χ0v) is 12.4. The minimum atomic E-state index is 0.297. The van der Waals surface area contributed by atoms with Crippen molar-refractivity contribution in [1.82, 2.24) is 4.90 Å². The van der Waals surface area contributed by atoms with E-state index in [2.05, 4.69) is 46.2 Å². The van der Waals surface area contributed by atoms with Crippen LogP contribution in [0.25, 0.3) is 0 Å². The van der Waals surface area contributed by atoms with Crippen molar-refractivity contribution < 1.29 is 5.11 Å². The van der Waals surface area contributed by atoms with Crippen LogP contribution in [0, 0.1) is 5.92 Å². The van der Waals surface area contributed by atoms with Gasteiger partial charge >= 0.3 is 0 Å². The fourth-order valence-electron chi connectivity index (χ4n) is 1.63. The summed E-state index contributed by atoms with van der Waals surface area (Å²) >= 11 is 5.26. The van der Waals surface area contributed by atoms with Crippen LogP contribution in [0.1, 0.15) is 18.2 Å². The van der Waals surface area contributed by atoms with E-state index in [0.717, 1.165) is 25.9 Å². The molecule has 0 bridgehead atoms. The maximum atomic E-state index is 9.13. The molecule has 1 aromatic rings. The van der Waals surface area contributed by atoms with Gasteiger partial charge in [0.05, 0.1) is 0 Å². The Balaban J connectivity index is 2.26. The van der Waals surface area contributed by atoms with Gasteiger partial charge < -0.3 is 10.0 Å². The van der Waals surface area contributed by atoms with Crippen LogP contribution in [-0.4, -0.2) is 36.8 Å². The predicted molar refractivity (Wildman–Crippen MR) is 74.1 cm³/mol. The molecule has 1 unspecified atom stereocenters. The molecule has 0 aliphatic carbocycles. The second kappa shape index (κ2) is 7.43. The molecule has 0 aliphatic rings. The summed E-state index contributed by atoms with van der Waals surface area (Å²) in [5, 5.41) is 11.3. The molecule has 1 heterocycles. The van der Waals surface area contributed by atoms with Crippen molar-refractivity contribution in [3.8, 4) is 0 Å². The first-order valence-corrected chi connectivity index (χ1v) is 7.35. The van der Waals surface area contributed by atoms with Crippen molar-refractivity contribution in [3.63, 3.8) is 0 Å². The first-order chi connectivity index (χ1) is 7.65. The lowest BCUT2D eigenvalue weighted by Gasteiger charge is -2.21. The van der Waals surface area contributed by atoms with Crippen LogP contribution in [0.5, 0.6) is 0 Å². The van der Waals surface area contributed by atoms with Crippen LogP contribution in [0.4, 0.5) is 0 Å². The third-order valence-electron chi connectivity index (χ3n) is 2.77. The van der Waals surface area contributed by atoms with Gasteiger partial charge in [-0.3, -0.25) is 0 Å². The topological polar surface area (TPSA) is 23.5 Å². The minimum absolute atomic E-state index is 0.297. The second-order valence-corrected chi connectivity index (χ2v) is 6.11. The molecule has 0 spiro atoms. The molecule has 0 aromatic carbocycles. The van der Waals surface area contributed by atoms with Gasteiger partial charge in [0.1, 0.15) is 0 Å². The molecule has 16 heavy (non-hydrogen) atoms. The highest BCUT2D eigenvalue weighted by atomic mass is 79.9. The Hall–Kier alpha value is 0.1000. The van der Waals surface area contributed by atoms with Crippen molar-refractivity contribution in [2.24, 2.45) is 5.92 Å². The van der Waals surface area contributed by atoms with E-state index in [1.54, 1.807) is 11.3 Å². The minimum Gasteiger partial charge on any atom is -0.396 e. The molecule has 0 saturated heterocycles. The first kappa shape index (κ1) is 14.2. The van der Waals surface area contributed by atoms with Crippen molar-refractivity contribution in [3.05, 3.63) is 20.8 Å². The van der Waals surface area contributed by atoms with Gasteiger partial charge in [-0.05, 0) is 47.8 Å². The Morgan fingerprint density at radius 1 is 1.56 bits per heavy atom. The van der Waals surface area contributed by atoms with Crippen molar-refractivity contribution in [2.45, 2.75) is 19.8 Å². The molecule has 1 aromatic heterocycles. The predicted octanol–water partition coefficient (Wildman–Crippen LogP) is 3.00. The van der Waals surface area contributed by atoms with Crippen molar-refractivity contribution in [1.29, 1.82) is 0 Å². The van der Waals surface area contributed by atoms with E-state index in [1.165, 1.54) is 9.35 Å². The number of halogens is 1. The molecular formula is C12H20BrNOS. The SMILES string of the molecule is CCC(CO)CN(C)CCc1cc(Br)cs1. The molecule has 92 valence electrons. The number of nitrogens with zero attached hydrogens (tertiary/aromatic N) is 1. The van der Waals surface area contributed by atoms with E-state index in [0.29, 0.717) is 12.5 Å². The smallest absolute Gasteiger partial charge is 0.0471 e. The zero-order chi connectivity index (χ0) is 12.0. The number of aliphatic hydroxyl groups excluding tert-OH is 1. The van der Waals surface area contributed by atoms with Crippen LogP contribution in [0.3, 0.4) is 0 Å². The van der Waals surface area contributed by atoms with Gasteiger partial charge in [-0.15, -0.1) is 11.3 Å². The van der Waals surface area contributed by atoms with Gasteiger partial charge in [-0.1, -0.05) is 6.92 Å². The maximum Gasteiger partial charge on any atom is 0.0471 e. The van der Waals surface area contributed by atoms with Gasteiger partial charge in [-0.2, -0.15) is 0 Å². The number of thiophene rings is 1. The summed E-state index contributed by atoms with van der Waals surface area (Å²) in [6.07, 6.45) is 2.14. The summed E-state index contributed by atoms with van der Waals surface area (Å²) in [5.41, 5.74) is 0. The van der Waals surface area contributed by atoms with Gasteiger partial charge in [0.25, 0.3) is 0 Å². The highest BCUT2D eigenvalue weighted by Gasteiger charge is 2.08. The Labute approximate surface area is 110 Å². The summed E-state index contributed by atoms with van der Waals surface area (Å²) in [4.78, 5) is 3.72. The molecular weight excluding hydrogens is 286 g/mol. The van der Waals surface area contributed by atoms with E-state index in [9.17, 15) is 0 Å². The third kappa shape index (κ3) is 4.95. The summed E-state index contributed by atoms with van der Waals surface area (Å²) in [7, 11) is 2.13. The normalized spacial score (nSPS) is 13.3. The summed E-state index contributed by atoms with van der Waals surface area (Å²) in [6, 6.07) is 2.18. The second-order valence-electron chi connectivity index (χ2n) is 4.20. The lowest BCUT2D eigenvalue weighted by molar-refractivity contribution is 0.177. The molecule has 0 aliphatic heterocycles. The van der Waals surface area contributed by atoms with Crippen molar-refractivity contribution in [2.75, 3.05) is 26.7 Å². The Bertz CT molecular complexity index is 299. The number of likely N-dealkylation sites (N-methyl/N-ethyl adjacent to an activating group) is 1. The van der Waals surface area contributed by atoms with E-state index < -0.39 is 0 Å². The highest BCUT2D eigenvalue weighted by Crippen LogP contribution is 2.20. The average molecular weight is 306 g/mol. The number of aliphatic hydroxyl groups is 1. The Kier molecular flexibility index (Phi) is 6.58. The molecule has 0 saturated carbocycles. The quantitative estimate of drug-likeness (QED) is 0.837. The van der Waals surface area contributed by atoms with E-state index in [1.807, 2.05) is 0 Å². The molecule has 1 N–H and O–H groups in total.